The summed E-state index contributed by atoms with van der Waals surface area (Å²) in [7, 11) is 0. The lowest BCUT2D eigenvalue weighted by atomic mass is 10.0. The summed E-state index contributed by atoms with van der Waals surface area (Å²) >= 11 is 0. The highest BCUT2D eigenvalue weighted by Gasteiger charge is 2.11. The summed E-state index contributed by atoms with van der Waals surface area (Å²) in [5.74, 6) is 2.85. The van der Waals surface area contributed by atoms with Crippen molar-refractivity contribution in [1.29, 1.82) is 0 Å². The van der Waals surface area contributed by atoms with Gasteiger partial charge < -0.3 is 9.15 Å². The first-order valence-electron chi connectivity index (χ1n) is 7.02. The van der Waals surface area contributed by atoms with Crippen molar-refractivity contribution in [2.45, 2.75) is 39.5 Å². The maximum absolute atomic E-state index is 5.88. The Morgan fingerprint density at radius 1 is 1.26 bits per heavy atom. The fourth-order valence-corrected chi connectivity index (χ4v) is 2.16. The predicted octanol–water partition coefficient (Wildman–Crippen LogP) is 4.95. The van der Waals surface area contributed by atoms with Crippen LogP contribution in [-0.2, 0) is 4.74 Å². The molecule has 0 aliphatic rings. The first-order chi connectivity index (χ1) is 9.16. The van der Waals surface area contributed by atoms with Gasteiger partial charge in [0.15, 0.2) is 0 Å². The van der Waals surface area contributed by atoms with Gasteiger partial charge in [-0.3, -0.25) is 0 Å². The molecule has 1 aromatic heterocycles. The molecule has 0 saturated heterocycles. The molecule has 1 radical (unpaired) electrons. The third-order valence-electron chi connectivity index (χ3n) is 3.25. The van der Waals surface area contributed by atoms with Gasteiger partial charge in [-0.25, -0.2) is 0 Å². The van der Waals surface area contributed by atoms with E-state index in [1.165, 1.54) is 11.3 Å². The molecular weight excluding hydrogens is 236 g/mol. The Hall–Kier alpha value is -1.28. The van der Waals surface area contributed by atoms with Crippen LogP contribution in [0, 0.1) is 5.92 Å². The largest absolute Gasteiger partial charge is 0.461 e. The molecule has 2 nitrogen and oxygen atoms in total. The van der Waals surface area contributed by atoms with E-state index in [9.17, 15) is 0 Å². The highest BCUT2D eigenvalue weighted by atomic mass is 16.5. The molecule has 0 fully saturated rings. The van der Waals surface area contributed by atoms with Gasteiger partial charge in [-0.05, 0) is 30.9 Å². The summed E-state index contributed by atoms with van der Waals surface area (Å²) in [6, 6.07) is 10.3. The Morgan fingerprint density at radius 2 is 2.05 bits per heavy atom. The fourth-order valence-electron chi connectivity index (χ4n) is 2.16. The van der Waals surface area contributed by atoms with E-state index in [1.54, 1.807) is 0 Å². The molecule has 2 aromatic rings. The molecule has 1 unspecified atom stereocenters. The number of rotatable bonds is 7. The molecule has 0 saturated carbocycles. The van der Waals surface area contributed by atoms with Gasteiger partial charge in [0, 0.05) is 17.9 Å². The minimum atomic E-state index is 0.447. The van der Waals surface area contributed by atoms with Crippen molar-refractivity contribution in [2.24, 2.45) is 0 Å². The standard InChI is InChI=1S/C17H23O2/c1-13(2)12-18-10-6-7-14(3)17-11-15-8-4-5-9-16(15)19-17/h4-5,8-9,11,14H,6-7,10,12H2,1-3H3. The van der Waals surface area contributed by atoms with E-state index in [0.29, 0.717) is 5.92 Å². The van der Waals surface area contributed by atoms with Crippen LogP contribution in [0.25, 0.3) is 11.0 Å². The molecular formula is C17H23O2. The van der Waals surface area contributed by atoms with Crippen LogP contribution in [0.3, 0.4) is 0 Å². The van der Waals surface area contributed by atoms with Crippen LogP contribution in [0.4, 0.5) is 0 Å². The fraction of sp³-hybridized carbons (Fsp3) is 0.471. The number of para-hydroxylation sites is 1. The van der Waals surface area contributed by atoms with E-state index < -0.39 is 0 Å². The number of benzene rings is 1. The van der Waals surface area contributed by atoms with Crippen LogP contribution in [0.1, 0.15) is 45.3 Å². The summed E-state index contributed by atoms with van der Waals surface area (Å²) in [4.78, 5) is 0. The molecule has 19 heavy (non-hydrogen) atoms. The highest BCUT2D eigenvalue weighted by Crippen LogP contribution is 2.27. The lowest BCUT2D eigenvalue weighted by Crippen LogP contribution is -2.03. The first-order valence-corrected chi connectivity index (χ1v) is 7.02. The number of furan rings is 1. The van der Waals surface area contributed by atoms with E-state index in [0.717, 1.165) is 37.4 Å². The van der Waals surface area contributed by atoms with E-state index in [4.69, 9.17) is 9.15 Å². The SMILES string of the molecule is C[C](C)COCCCC(C)c1cc2ccccc2o1. The van der Waals surface area contributed by atoms with Crippen molar-refractivity contribution in [3.63, 3.8) is 0 Å². The van der Waals surface area contributed by atoms with Crippen molar-refractivity contribution < 1.29 is 9.15 Å². The zero-order valence-electron chi connectivity index (χ0n) is 12.1. The third-order valence-corrected chi connectivity index (χ3v) is 3.25. The lowest BCUT2D eigenvalue weighted by molar-refractivity contribution is 0.139. The van der Waals surface area contributed by atoms with Crippen molar-refractivity contribution in [3.05, 3.63) is 42.0 Å². The minimum absolute atomic E-state index is 0.447. The van der Waals surface area contributed by atoms with Crippen LogP contribution in [0.2, 0.25) is 0 Å². The van der Waals surface area contributed by atoms with Crippen molar-refractivity contribution in [1.82, 2.24) is 0 Å². The highest BCUT2D eigenvalue weighted by molar-refractivity contribution is 5.77. The molecule has 2 heteroatoms. The molecule has 0 N–H and O–H groups in total. The maximum Gasteiger partial charge on any atom is 0.134 e. The molecule has 0 amide bonds. The Bertz CT molecular complexity index is 466. The Morgan fingerprint density at radius 3 is 2.79 bits per heavy atom. The van der Waals surface area contributed by atoms with Gasteiger partial charge in [0.25, 0.3) is 0 Å². The summed E-state index contributed by atoms with van der Waals surface area (Å²) in [6.45, 7) is 8.01. The Balaban J connectivity index is 1.81. The van der Waals surface area contributed by atoms with Gasteiger partial charge in [0.05, 0.1) is 6.61 Å². The minimum Gasteiger partial charge on any atom is -0.461 e. The number of ether oxygens (including phenoxy) is 1. The Kier molecular flexibility index (Phi) is 5.03. The molecule has 2 rings (SSSR count). The molecule has 0 aliphatic heterocycles. The van der Waals surface area contributed by atoms with E-state index in [1.807, 2.05) is 18.2 Å². The summed E-state index contributed by atoms with van der Waals surface area (Å²) in [6.07, 6.45) is 2.17. The third kappa shape index (κ3) is 4.10. The van der Waals surface area contributed by atoms with Crippen LogP contribution in [0.15, 0.2) is 34.7 Å². The van der Waals surface area contributed by atoms with Crippen LogP contribution in [0.5, 0.6) is 0 Å². The van der Waals surface area contributed by atoms with Gasteiger partial charge in [-0.1, -0.05) is 39.0 Å². The normalized spacial score (nSPS) is 13.3. The lowest BCUT2D eigenvalue weighted by Gasteiger charge is -2.09. The smallest absolute Gasteiger partial charge is 0.134 e. The molecule has 1 heterocycles. The van der Waals surface area contributed by atoms with Gasteiger partial charge in [-0.15, -0.1) is 0 Å². The maximum atomic E-state index is 5.88. The van der Waals surface area contributed by atoms with Crippen LogP contribution < -0.4 is 0 Å². The molecule has 1 aromatic carbocycles. The predicted molar refractivity (Wildman–Crippen MR) is 79.3 cm³/mol. The van der Waals surface area contributed by atoms with Gasteiger partial charge in [-0.2, -0.15) is 0 Å². The van der Waals surface area contributed by atoms with Gasteiger partial charge in [0.1, 0.15) is 11.3 Å². The van der Waals surface area contributed by atoms with Gasteiger partial charge in [0.2, 0.25) is 0 Å². The van der Waals surface area contributed by atoms with E-state index >= 15 is 0 Å². The zero-order valence-corrected chi connectivity index (χ0v) is 12.1. The average molecular weight is 259 g/mol. The second kappa shape index (κ2) is 6.76. The van der Waals surface area contributed by atoms with Crippen LogP contribution >= 0.6 is 0 Å². The summed E-state index contributed by atoms with van der Waals surface area (Å²) in [5, 5.41) is 1.19. The number of hydrogen-bond acceptors (Lipinski definition) is 2. The second-order valence-electron chi connectivity index (χ2n) is 5.49. The molecule has 0 aliphatic carbocycles. The summed E-state index contributed by atoms with van der Waals surface area (Å²) < 4.78 is 11.5. The van der Waals surface area contributed by atoms with E-state index in [2.05, 4.69) is 32.9 Å². The molecule has 0 bridgehead atoms. The quantitative estimate of drug-likeness (QED) is 0.657. The molecule has 1 atom stereocenters. The monoisotopic (exact) mass is 259 g/mol. The topological polar surface area (TPSA) is 22.4 Å². The first kappa shape index (κ1) is 14.1. The van der Waals surface area contributed by atoms with Crippen molar-refractivity contribution in [3.8, 4) is 0 Å². The average Bonchev–Trinajstić information content (AvgIpc) is 2.81. The van der Waals surface area contributed by atoms with Crippen molar-refractivity contribution >= 4 is 11.0 Å². The zero-order chi connectivity index (χ0) is 13.7. The Labute approximate surface area is 115 Å². The molecule has 103 valence electrons. The second-order valence-corrected chi connectivity index (χ2v) is 5.49. The van der Waals surface area contributed by atoms with Gasteiger partial charge >= 0.3 is 0 Å². The number of fused-ring (bicyclic) bond motifs is 1. The van der Waals surface area contributed by atoms with Crippen molar-refractivity contribution in [2.75, 3.05) is 13.2 Å². The number of hydrogen-bond donors (Lipinski definition) is 0. The summed E-state index contributed by atoms with van der Waals surface area (Å²) in [5.41, 5.74) is 0.983. The molecule has 0 spiro atoms. The van der Waals surface area contributed by atoms with E-state index in [-0.39, 0.29) is 0 Å². The van der Waals surface area contributed by atoms with Crippen LogP contribution in [-0.4, -0.2) is 13.2 Å².